The molecule has 1 aliphatic heterocycles. The van der Waals surface area contributed by atoms with Crippen LogP contribution >= 0.6 is 0 Å². The number of carboxylic acids is 1. The number of quaternary nitrogens is 1. The highest BCUT2D eigenvalue weighted by Crippen LogP contribution is 1.82. The van der Waals surface area contributed by atoms with Gasteiger partial charge in [0.05, 0.1) is 24.7 Å². The fraction of sp³-hybridized carbons (Fsp3) is 0.714. The highest BCUT2D eigenvalue weighted by Gasteiger charge is 2.21. The van der Waals surface area contributed by atoms with Gasteiger partial charge in [-0.3, -0.25) is 10.2 Å². The van der Waals surface area contributed by atoms with Gasteiger partial charge < -0.3 is 22.6 Å². The Hall–Kier alpha value is -0.750. The first-order valence-electron chi connectivity index (χ1n) is 4.13. The van der Waals surface area contributed by atoms with Gasteiger partial charge in [0.1, 0.15) is 6.04 Å². The van der Waals surface area contributed by atoms with Crippen LogP contribution in [0.1, 0.15) is 13.3 Å². The molecule has 74 valence electrons. The molecule has 0 spiro atoms. The molecule has 0 aromatic carbocycles. The average molecular weight is 203 g/mol. The SMILES string of the molecule is CC1C=NNC([S-])[NH+]1CCC(=O)O. The van der Waals surface area contributed by atoms with Crippen molar-refractivity contribution in [3.8, 4) is 0 Å². The number of carboxylic acid groups (broad SMARTS) is 1. The first-order chi connectivity index (χ1) is 6.11. The van der Waals surface area contributed by atoms with Crippen molar-refractivity contribution in [1.82, 2.24) is 5.43 Å². The smallest absolute Gasteiger partial charge is 0.309 e. The van der Waals surface area contributed by atoms with Crippen LogP contribution in [0.25, 0.3) is 0 Å². The molecule has 0 saturated carbocycles. The minimum atomic E-state index is -0.788. The highest BCUT2D eigenvalue weighted by atomic mass is 32.1. The lowest BCUT2D eigenvalue weighted by Crippen LogP contribution is -3.21. The number of nitrogens with zero attached hydrogens (tertiary/aromatic N) is 1. The van der Waals surface area contributed by atoms with Gasteiger partial charge in [0, 0.05) is 0 Å². The van der Waals surface area contributed by atoms with Crippen LogP contribution in [-0.4, -0.2) is 35.4 Å². The summed E-state index contributed by atoms with van der Waals surface area (Å²) in [6, 6.07) is 0.183. The molecule has 1 heterocycles. The third-order valence-corrected chi connectivity index (χ3v) is 2.45. The van der Waals surface area contributed by atoms with Gasteiger partial charge in [-0.25, -0.2) is 0 Å². The Morgan fingerprint density at radius 2 is 2.54 bits per heavy atom. The lowest BCUT2D eigenvalue weighted by Gasteiger charge is -2.38. The summed E-state index contributed by atoms with van der Waals surface area (Å²) in [6.45, 7) is 2.50. The lowest BCUT2D eigenvalue weighted by molar-refractivity contribution is -0.926. The maximum atomic E-state index is 10.4. The summed E-state index contributed by atoms with van der Waals surface area (Å²) in [5.41, 5.74) is 2.52. The van der Waals surface area contributed by atoms with Gasteiger partial charge in [-0.05, 0) is 6.92 Å². The van der Waals surface area contributed by atoms with Crippen LogP contribution in [0.15, 0.2) is 5.10 Å². The largest absolute Gasteiger partial charge is 0.703 e. The van der Waals surface area contributed by atoms with Gasteiger partial charge in [0.2, 0.25) is 0 Å². The van der Waals surface area contributed by atoms with E-state index in [-0.39, 0.29) is 18.0 Å². The highest BCUT2D eigenvalue weighted by molar-refractivity contribution is 7.59. The Bertz CT molecular complexity index is 222. The van der Waals surface area contributed by atoms with E-state index < -0.39 is 5.97 Å². The molecule has 0 saturated heterocycles. The van der Waals surface area contributed by atoms with Crippen molar-refractivity contribution in [2.75, 3.05) is 6.54 Å². The van der Waals surface area contributed by atoms with Crippen LogP contribution in [-0.2, 0) is 17.4 Å². The van der Waals surface area contributed by atoms with Crippen LogP contribution in [0.3, 0.4) is 0 Å². The van der Waals surface area contributed by atoms with Crippen molar-refractivity contribution >= 4 is 24.8 Å². The number of rotatable bonds is 3. The van der Waals surface area contributed by atoms with E-state index in [2.05, 4.69) is 10.5 Å². The van der Waals surface area contributed by atoms with Crippen LogP contribution < -0.4 is 10.3 Å². The summed E-state index contributed by atoms with van der Waals surface area (Å²) in [5.74, 6) is -0.788. The molecule has 13 heavy (non-hydrogen) atoms. The molecule has 0 bridgehead atoms. The maximum absolute atomic E-state index is 10.4. The fourth-order valence-electron chi connectivity index (χ4n) is 1.25. The van der Waals surface area contributed by atoms with E-state index in [9.17, 15) is 4.79 Å². The van der Waals surface area contributed by atoms with E-state index >= 15 is 0 Å². The molecule has 3 atom stereocenters. The molecule has 0 aliphatic carbocycles. The molecular formula is C7H13N3O2S. The van der Waals surface area contributed by atoms with Crippen LogP contribution in [0.5, 0.6) is 0 Å². The molecule has 0 amide bonds. The predicted octanol–water partition coefficient (Wildman–Crippen LogP) is -1.85. The Kier molecular flexibility index (Phi) is 3.56. The number of hydrazone groups is 1. The molecule has 0 radical (unpaired) electrons. The van der Waals surface area contributed by atoms with E-state index in [4.69, 9.17) is 17.7 Å². The number of aliphatic carboxylic acids is 1. The molecular weight excluding hydrogens is 190 g/mol. The monoisotopic (exact) mass is 203 g/mol. The maximum Gasteiger partial charge on any atom is 0.309 e. The molecule has 1 rings (SSSR count). The average Bonchev–Trinajstić information content (AvgIpc) is 2.03. The third-order valence-electron chi connectivity index (χ3n) is 2.04. The zero-order valence-corrected chi connectivity index (χ0v) is 8.17. The van der Waals surface area contributed by atoms with E-state index in [1.165, 1.54) is 0 Å². The minimum absolute atomic E-state index is 0.141. The van der Waals surface area contributed by atoms with E-state index in [0.29, 0.717) is 6.54 Å². The van der Waals surface area contributed by atoms with E-state index in [1.807, 2.05) is 6.92 Å². The first kappa shape index (κ1) is 10.3. The predicted molar refractivity (Wildman–Crippen MR) is 50.3 cm³/mol. The number of nitrogens with one attached hydrogen (secondary N) is 2. The lowest BCUT2D eigenvalue weighted by atomic mass is 10.3. The van der Waals surface area contributed by atoms with Gasteiger partial charge in [0.25, 0.3) is 0 Å². The molecule has 0 aromatic rings. The summed E-state index contributed by atoms with van der Waals surface area (Å²) >= 11 is 5.08. The van der Waals surface area contributed by atoms with Crippen molar-refractivity contribution < 1.29 is 14.8 Å². The Balaban J connectivity index is 2.46. The summed E-state index contributed by atoms with van der Waals surface area (Å²) in [7, 11) is 0. The quantitative estimate of drug-likeness (QED) is 0.471. The van der Waals surface area contributed by atoms with Crippen LogP contribution in [0.4, 0.5) is 0 Å². The number of hydrogen-bond donors (Lipinski definition) is 3. The molecule has 5 nitrogen and oxygen atoms in total. The van der Waals surface area contributed by atoms with Gasteiger partial charge in [-0.1, -0.05) is 0 Å². The minimum Gasteiger partial charge on any atom is -0.703 e. The molecule has 3 unspecified atom stereocenters. The van der Waals surface area contributed by atoms with Crippen molar-refractivity contribution in [1.29, 1.82) is 0 Å². The topological polar surface area (TPSA) is 66.1 Å². The standard InChI is InChI=1S/C7H13N3O2S/c1-5-4-8-9-7(13)10(5)3-2-6(11)12/h4-5,7,9,13H,2-3H2,1H3,(H,11,12). The van der Waals surface area contributed by atoms with Crippen molar-refractivity contribution in [3.63, 3.8) is 0 Å². The van der Waals surface area contributed by atoms with Crippen molar-refractivity contribution in [2.45, 2.75) is 24.9 Å². The van der Waals surface area contributed by atoms with E-state index in [1.54, 1.807) is 6.21 Å². The third kappa shape index (κ3) is 2.89. The second kappa shape index (κ2) is 4.48. The molecule has 0 fully saturated rings. The summed E-state index contributed by atoms with van der Waals surface area (Å²) in [4.78, 5) is 11.4. The van der Waals surface area contributed by atoms with Gasteiger partial charge >= 0.3 is 5.97 Å². The zero-order chi connectivity index (χ0) is 9.84. The van der Waals surface area contributed by atoms with Crippen molar-refractivity contribution in [2.24, 2.45) is 5.10 Å². The molecule has 6 heteroatoms. The first-order valence-corrected chi connectivity index (χ1v) is 4.60. The zero-order valence-electron chi connectivity index (χ0n) is 7.36. The summed E-state index contributed by atoms with van der Waals surface area (Å²) in [5, 5.41) is 12.4. The molecule has 0 aromatic heterocycles. The summed E-state index contributed by atoms with van der Waals surface area (Å²) in [6.07, 6.45) is 1.89. The Morgan fingerprint density at radius 1 is 1.85 bits per heavy atom. The number of hydrogen-bond acceptors (Lipinski definition) is 4. The molecule has 3 N–H and O–H groups in total. The summed E-state index contributed by atoms with van der Waals surface area (Å²) < 4.78 is 0. The fourth-order valence-corrected chi connectivity index (χ4v) is 1.64. The van der Waals surface area contributed by atoms with Gasteiger partial charge in [-0.2, -0.15) is 5.10 Å². The second-order valence-electron chi connectivity index (χ2n) is 3.04. The van der Waals surface area contributed by atoms with E-state index in [0.717, 1.165) is 4.90 Å². The second-order valence-corrected chi connectivity index (χ2v) is 3.52. The van der Waals surface area contributed by atoms with Crippen LogP contribution in [0, 0.1) is 0 Å². The number of carbonyl (C=O) groups is 1. The van der Waals surface area contributed by atoms with Gasteiger partial charge in [0.15, 0.2) is 0 Å². The van der Waals surface area contributed by atoms with Crippen molar-refractivity contribution in [3.05, 3.63) is 0 Å². The Labute approximate surface area is 82.2 Å². The van der Waals surface area contributed by atoms with Crippen LogP contribution in [0.2, 0.25) is 0 Å². The molecule has 1 aliphatic rings. The normalized spacial score (nSPS) is 32.6. The van der Waals surface area contributed by atoms with Gasteiger partial charge in [-0.15, -0.1) is 0 Å². The Morgan fingerprint density at radius 3 is 3.08 bits per heavy atom.